The van der Waals surface area contributed by atoms with E-state index in [1.54, 1.807) is 0 Å². The summed E-state index contributed by atoms with van der Waals surface area (Å²) in [7, 11) is 0. The van der Waals surface area contributed by atoms with E-state index in [4.69, 9.17) is 10.5 Å². The van der Waals surface area contributed by atoms with Gasteiger partial charge in [0.15, 0.2) is 0 Å². The van der Waals surface area contributed by atoms with Crippen molar-refractivity contribution in [3.05, 3.63) is 0 Å². The highest BCUT2D eigenvalue weighted by Gasteiger charge is 2.32. The highest BCUT2D eigenvalue weighted by atomic mass is 16.5. The lowest BCUT2D eigenvalue weighted by molar-refractivity contribution is -0.135. The predicted molar refractivity (Wildman–Crippen MR) is 66.5 cm³/mol. The van der Waals surface area contributed by atoms with Gasteiger partial charge in [-0.15, -0.1) is 0 Å². The van der Waals surface area contributed by atoms with Gasteiger partial charge < -0.3 is 15.4 Å². The molecule has 98 valence electrons. The van der Waals surface area contributed by atoms with Crippen LogP contribution in [0.15, 0.2) is 0 Å². The number of hydrogen-bond donors (Lipinski definition) is 1. The van der Waals surface area contributed by atoms with Crippen molar-refractivity contribution in [1.82, 2.24) is 4.90 Å². The molecule has 1 saturated heterocycles. The molecule has 4 heteroatoms. The largest absolute Gasteiger partial charge is 0.378 e. The molecule has 2 aliphatic rings. The normalized spacial score (nSPS) is 33.3. The molecule has 0 aromatic carbocycles. The van der Waals surface area contributed by atoms with Crippen molar-refractivity contribution in [3.8, 4) is 0 Å². The summed E-state index contributed by atoms with van der Waals surface area (Å²) in [5.41, 5.74) is 5.89. The monoisotopic (exact) mass is 240 g/mol. The van der Waals surface area contributed by atoms with Crippen LogP contribution in [0.3, 0.4) is 0 Å². The van der Waals surface area contributed by atoms with E-state index in [1.807, 2.05) is 11.8 Å². The molecule has 1 heterocycles. The average Bonchev–Trinajstić information content (AvgIpc) is 2.26. The molecule has 1 saturated carbocycles. The van der Waals surface area contributed by atoms with E-state index in [-0.39, 0.29) is 6.04 Å². The Hall–Kier alpha value is -0.610. The molecule has 1 aliphatic heterocycles. The summed E-state index contributed by atoms with van der Waals surface area (Å²) < 4.78 is 5.51. The van der Waals surface area contributed by atoms with Gasteiger partial charge in [-0.3, -0.25) is 4.79 Å². The maximum Gasteiger partial charge on any atom is 0.222 e. The summed E-state index contributed by atoms with van der Waals surface area (Å²) in [6, 6.07) is 0.185. The molecular formula is C13H24N2O2. The van der Waals surface area contributed by atoms with Gasteiger partial charge in [-0.05, 0) is 38.5 Å². The number of nitrogens with zero attached hydrogens (tertiary/aromatic N) is 1. The first-order chi connectivity index (χ1) is 8.19. The van der Waals surface area contributed by atoms with Crippen molar-refractivity contribution < 1.29 is 9.53 Å². The Bertz CT molecular complexity index is 264. The molecule has 0 radical (unpaired) electrons. The van der Waals surface area contributed by atoms with Gasteiger partial charge in [0.1, 0.15) is 0 Å². The van der Waals surface area contributed by atoms with Crippen LogP contribution in [0.5, 0.6) is 0 Å². The smallest absolute Gasteiger partial charge is 0.222 e. The Morgan fingerprint density at radius 2 is 2.24 bits per heavy atom. The maximum atomic E-state index is 12.0. The molecule has 2 rings (SSSR count). The van der Waals surface area contributed by atoms with E-state index in [2.05, 4.69) is 0 Å². The van der Waals surface area contributed by atoms with Crippen molar-refractivity contribution in [1.29, 1.82) is 0 Å². The second-order valence-electron chi connectivity index (χ2n) is 5.36. The summed E-state index contributed by atoms with van der Waals surface area (Å²) in [6.45, 7) is 4.45. The molecular weight excluding hydrogens is 216 g/mol. The van der Waals surface area contributed by atoms with E-state index >= 15 is 0 Å². The molecule has 1 aliphatic carbocycles. The Labute approximate surface area is 103 Å². The number of rotatable bonds is 4. The number of hydrogen-bond acceptors (Lipinski definition) is 3. The summed E-state index contributed by atoms with van der Waals surface area (Å²) in [4.78, 5) is 14.0. The third-order valence-corrected chi connectivity index (χ3v) is 3.87. The molecule has 0 aromatic rings. The van der Waals surface area contributed by atoms with Gasteiger partial charge in [0.25, 0.3) is 0 Å². The first-order valence-corrected chi connectivity index (χ1v) is 6.84. The van der Waals surface area contributed by atoms with E-state index < -0.39 is 0 Å². The van der Waals surface area contributed by atoms with Crippen molar-refractivity contribution in [3.63, 3.8) is 0 Å². The molecule has 0 spiro atoms. The topological polar surface area (TPSA) is 55.6 Å². The van der Waals surface area contributed by atoms with Gasteiger partial charge in [-0.2, -0.15) is 0 Å². The lowest BCUT2D eigenvalue weighted by atomic mass is 9.79. The Morgan fingerprint density at radius 3 is 2.88 bits per heavy atom. The average molecular weight is 240 g/mol. The second-order valence-corrected chi connectivity index (χ2v) is 5.36. The fraction of sp³-hybridized carbons (Fsp3) is 0.923. The van der Waals surface area contributed by atoms with E-state index in [0.29, 0.717) is 24.3 Å². The van der Waals surface area contributed by atoms with Crippen LogP contribution in [0.1, 0.15) is 39.0 Å². The quantitative estimate of drug-likeness (QED) is 0.801. The lowest BCUT2D eigenvalue weighted by Gasteiger charge is -2.37. The maximum absolute atomic E-state index is 12.0. The van der Waals surface area contributed by atoms with E-state index in [1.165, 1.54) is 0 Å². The molecule has 17 heavy (non-hydrogen) atoms. The molecule has 1 atom stereocenters. The van der Waals surface area contributed by atoms with Gasteiger partial charge in [0.2, 0.25) is 5.91 Å². The third kappa shape index (κ3) is 3.42. The molecule has 0 unspecified atom stereocenters. The lowest BCUT2D eigenvalue weighted by Crippen LogP contribution is -2.47. The van der Waals surface area contributed by atoms with Crippen molar-refractivity contribution in [2.75, 3.05) is 19.7 Å². The zero-order chi connectivity index (χ0) is 12.3. The fourth-order valence-electron chi connectivity index (χ4n) is 2.83. The van der Waals surface area contributed by atoms with Gasteiger partial charge in [0.05, 0.1) is 6.10 Å². The molecule has 0 bridgehead atoms. The Morgan fingerprint density at radius 1 is 1.47 bits per heavy atom. The number of piperidine rings is 1. The van der Waals surface area contributed by atoms with Gasteiger partial charge in [0, 0.05) is 32.2 Å². The van der Waals surface area contributed by atoms with Crippen molar-refractivity contribution in [2.45, 2.75) is 51.2 Å². The highest BCUT2D eigenvalue weighted by Crippen LogP contribution is 2.33. The first kappa shape index (κ1) is 12.8. The molecule has 0 aromatic heterocycles. The predicted octanol–water partition coefficient (Wildman–Crippen LogP) is 1.14. The molecule has 2 fully saturated rings. The van der Waals surface area contributed by atoms with Crippen LogP contribution in [0.4, 0.5) is 0 Å². The van der Waals surface area contributed by atoms with E-state index in [0.717, 1.165) is 45.4 Å². The van der Waals surface area contributed by atoms with Crippen LogP contribution in [0.2, 0.25) is 0 Å². The number of nitrogens with two attached hydrogens (primary N) is 1. The first-order valence-electron chi connectivity index (χ1n) is 6.84. The Balaban J connectivity index is 1.68. The number of carbonyl (C=O) groups is 1. The molecule has 1 amide bonds. The minimum atomic E-state index is 0.185. The Kier molecular flexibility index (Phi) is 4.40. The third-order valence-electron chi connectivity index (χ3n) is 3.87. The van der Waals surface area contributed by atoms with Crippen LogP contribution >= 0.6 is 0 Å². The number of likely N-dealkylation sites (tertiary alicyclic amines) is 1. The molecule has 4 nitrogen and oxygen atoms in total. The SMILES string of the molecule is CCOC1CC(CC(=O)N2CCC[C@@H](N)C2)C1. The number of amides is 1. The van der Waals surface area contributed by atoms with Gasteiger partial charge in [-0.1, -0.05) is 0 Å². The number of ether oxygens (including phenoxy) is 1. The van der Waals surface area contributed by atoms with Crippen molar-refractivity contribution in [2.24, 2.45) is 11.7 Å². The standard InChI is InChI=1S/C13H24N2O2/c1-2-17-12-6-10(7-12)8-13(16)15-5-3-4-11(14)9-15/h10-12H,2-9,14H2,1H3/t10?,11-,12?/m1/s1. The zero-order valence-corrected chi connectivity index (χ0v) is 10.7. The van der Waals surface area contributed by atoms with Crippen LogP contribution in [0, 0.1) is 5.92 Å². The highest BCUT2D eigenvalue weighted by molar-refractivity contribution is 5.76. The van der Waals surface area contributed by atoms with Crippen LogP contribution in [0.25, 0.3) is 0 Å². The van der Waals surface area contributed by atoms with Gasteiger partial charge >= 0.3 is 0 Å². The summed E-state index contributed by atoms with van der Waals surface area (Å²) in [5, 5.41) is 0. The van der Waals surface area contributed by atoms with Crippen LogP contribution in [-0.4, -0.2) is 42.6 Å². The van der Waals surface area contributed by atoms with Gasteiger partial charge in [-0.25, -0.2) is 0 Å². The minimum absolute atomic E-state index is 0.185. The summed E-state index contributed by atoms with van der Waals surface area (Å²) in [6.07, 6.45) is 5.31. The molecule has 2 N–H and O–H groups in total. The van der Waals surface area contributed by atoms with Crippen LogP contribution in [-0.2, 0) is 9.53 Å². The van der Waals surface area contributed by atoms with Crippen molar-refractivity contribution >= 4 is 5.91 Å². The number of carbonyl (C=O) groups excluding carboxylic acids is 1. The zero-order valence-electron chi connectivity index (χ0n) is 10.7. The fourth-order valence-corrected chi connectivity index (χ4v) is 2.83. The second kappa shape index (κ2) is 5.83. The summed E-state index contributed by atoms with van der Waals surface area (Å²) in [5.74, 6) is 0.831. The minimum Gasteiger partial charge on any atom is -0.378 e. The summed E-state index contributed by atoms with van der Waals surface area (Å²) >= 11 is 0. The van der Waals surface area contributed by atoms with Crippen LogP contribution < -0.4 is 5.73 Å². The van der Waals surface area contributed by atoms with E-state index in [9.17, 15) is 4.79 Å².